The average molecular weight is 1340 g/mol. The maximum atomic E-state index is 13.4. The Morgan fingerprint density at radius 3 is 2.11 bits per heavy atom. The average Bonchev–Trinajstić information content (AvgIpc) is 1.60. The summed E-state index contributed by atoms with van der Waals surface area (Å²) in [4.78, 5) is 78.2. The first-order valence-electron chi connectivity index (χ1n) is 30.7. The molecular weight excluding hydrogens is 1250 g/mol. The Balaban J connectivity index is 0.782. The number of carbonyl (C=O) groups excluding carboxylic acids is 6. The van der Waals surface area contributed by atoms with Crippen molar-refractivity contribution in [1.29, 1.82) is 0 Å². The normalized spacial score (nSPS) is 19.0. The fraction of sp³-hybridized carbons (Fsp3) is 0.532. The highest BCUT2D eigenvalue weighted by Crippen LogP contribution is 2.49. The van der Waals surface area contributed by atoms with Gasteiger partial charge in [-0.1, -0.05) is 66.0 Å². The molecule has 2 fully saturated rings. The Bertz CT molecular complexity index is 3450. The van der Waals surface area contributed by atoms with Crippen LogP contribution in [0.15, 0.2) is 105 Å². The van der Waals surface area contributed by atoms with E-state index >= 15 is 0 Å². The smallest absolute Gasteiger partial charge is 0.315 e. The number of unbranched alkanes of at least 4 members (excludes halogenated alkanes) is 5. The van der Waals surface area contributed by atoms with Gasteiger partial charge in [-0.25, -0.2) is 4.79 Å². The van der Waals surface area contributed by atoms with E-state index < -0.39 is 43.0 Å². The molecule has 0 aliphatic carbocycles. The second-order valence-electron chi connectivity index (χ2n) is 23.7. The number of benzene rings is 3. The number of allylic oxidation sites excluding steroid dienone is 4. The van der Waals surface area contributed by atoms with Crippen LogP contribution >= 0.6 is 33.3 Å². The summed E-state index contributed by atoms with van der Waals surface area (Å²) >= 11 is 1.87. The molecular formula is C62H86N11O12S5+. The lowest BCUT2D eigenvalue weighted by Crippen LogP contribution is -2.47. The van der Waals surface area contributed by atoms with Crippen LogP contribution in [0, 0.1) is 0 Å². The number of fused-ring (bicyclic) bond motifs is 3. The van der Waals surface area contributed by atoms with Gasteiger partial charge in [0.15, 0.2) is 5.71 Å². The van der Waals surface area contributed by atoms with Crippen LogP contribution < -0.4 is 42.6 Å². The van der Waals surface area contributed by atoms with Gasteiger partial charge in [0.1, 0.15) is 18.4 Å². The van der Waals surface area contributed by atoms with E-state index in [0.29, 0.717) is 99.0 Å². The van der Waals surface area contributed by atoms with E-state index in [1.54, 1.807) is 36.4 Å². The van der Waals surface area contributed by atoms with E-state index in [1.807, 2.05) is 64.6 Å². The summed E-state index contributed by atoms with van der Waals surface area (Å²) in [6.07, 6.45) is 14.5. The first kappa shape index (κ1) is 71.1. The zero-order chi connectivity index (χ0) is 65.2. The Kier molecular flexibility index (Phi) is 25.9. The van der Waals surface area contributed by atoms with E-state index in [-0.39, 0.29) is 77.3 Å². The Hall–Kier alpha value is -6.30. The number of rotatable bonds is 36. The minimum Gasteiger partial charge on any atom is -0.354 e. The molecule has 4 heterocycles. The van der Waals surface area contributed by atoms with Gasteiger partial charge in [0.2, 0.25) is 23.4 Å². The molecule has 2 saturated heterocycles. The molecule has 90 heavy (non-hydrogen) atoms. The minimum atomic E-state index is -4.48. The van der Waals surface area contributed by atoms with Crippen molar-refractivity contribution >= 4 is 112 Å². The number of Topliss-reactive ketones (excluding diaryl/α,β-unsaturated/α-hetero) is 1. The van der Waals surface area contributed by atoms with Crippen LogP contribution in [0.4, 0.5) is 21.9 Å². The standard InChI is InChI=1S/C62H85N11O12S5/c1-6-72-50-29-27-44(89(80,81)82)38-46(50)61(2,3)53(72)20-15-21-54-62(4,5)47-39-45(90(83,84)85)28-30-51(47)73(54)35-14-8-11-22-55(75)64-32-33-65-56(76)31-36-87-88-37-34-66-59(78)48(67-58(77)41-23-25-42(26-24-41)70-71-63)18-10-7-9-16-43(74)17-12-13-19-52-57-49(40-86-52)68-60(79)69-57/h15,20-21,23-30,38-39,48-49,52,57H,6-14,16-19,22,31-37,40H2,1-5H3,(H9-,63,64,65,66,67,68,69,70,75,76,77,78,79,80,81,82,83,84,85)/p+1. The largest absolute Gasteiger partial charge is 0.354 e. The van der Waals surface area contributed by atoms with Gasteiger partial charge >= 0.3 is 6.03 Å². The van der Waals surface area contributed by atoms with Crippen molar-refractivity contribution in [2.24, 2.45) is 16.2 Å². The summed E-state index contributed by atoms with van der Waals surface area (Å²) in [6, 6.07) is 15.0. The lowest BCUT2D eigenvalue weighted by molar-refractivity contribution is -0.438. The SMILES string of the molecule is CCN1C(=CC=CC2=[N+](CCCCCC(=O)NCCNC(=O)CCSSCCNC(=O)C(CCCCCC(=O)CCCCC3SCC4NC(=O)NC43)NC(=O)c3ccc(N=NN)cc3)c3ccc(S(=O)(=O)O)cc3C2(C)C)C(C)(C)c2cc(S(=O)(=O)O)ccc21. The van der Waals surface area contributed by atoms with Crippen molar-refractivity contribution in [3.63, 3.8) is 0 Å². The Morgan fingerprint density at radius 1 is 0.778 bits per heavy atom. The van der Waals surface area contributed by atoms with Crippen molar-refractivity contribution < 1.29 is 59.3 Å². The molecule has 0 spiro atoms. The van der Waals surface area contributed by atoms with Crippen molar-refractivity contribution in [2.75, 3.05) is 54.9 Å². The maximum Gasteiger partial charge on any atom is 0.315 e. The van der Waals surface area contributed by atoms with Gasteiger partial charge in [-0.2, -0.15) is 33.2 Å². The molecule has 3 aromatic rings. The van der Waals surface area contributed by atoms with E-state index in [2.05, 4.69) is 51.7 Å². The second kappa shape index (κ2) is 32.8. The number of thioether (sulfide) groups is 1. The number of amides is 6. The number of likely N-dealkylation sites (N-methyl/N-ethyl adjacent to an activating group) is 1. The number of anilines is 1. The fourth-order valence-electron chi connectivity index (χ4n) is 11.9. The molecule has 3 aromatic carbocycles. The molecule has 4 aliphatic heterocycles. The van der Waals surface area contributed by atoms with Gasteiger partial charge in [0.05, 0.1) is 33.0 Å². The predicted octanol–water partition coefficient (Wildman–Crippen LogP) is 8.50. The third-order valence-electron chi connectivity index (χ3n) is 16.7. The van der Waals surface area contributed by atoms with Crippen molar-refractivity contribution in [3.05, 3.63) is 101 Å². The highest BCUT2D eigenvalue weighted by molar-refractivity contribution is 8.76. The van der Waals surface area contributed by atoms with E-state index in [1.165, 1.54) is 45.9 Å². The first-order valence-corrected chi connectivity index (χ1v) is 37.1. The fourth-order valence-corrected chi connectivity index (χ4v) is 16.3. The molecule has 0 saturated carbocycles. The summed E-state index contributed by atoms with van der Waals surface area (Å²) in [7, 11) is -5.89. The maximum absolute atomic E-state index is 13.4. The zero-order valence-electron chi connectivity index (χ0n) is 51.8. The van der Waals surface area contributed by atoms with Gasteiger partial charge in [0.25, 0.3) is 26.1 Å². The Morgan fingerprint density at radius 2 is 1.42 bits per heavy atom. The van der Waals surface area contributed by atoms with E-state index in [9.17, 15) is 54.7 Å². The van der Waals surface area contributed by atoms with Crippen LogP contribution in [-0.4, -0.2) is 145 Å². The number of nitrogens with zero attached hydrogens (tertiary/aromatic N) is 4. The molecule has 6 amide bonds. The lowest BCUT2D eigenvalue weighted by atomic mass is 9.81. The third kappa shape index (κ3) is 19.4. The first-order chi connectivity index (χ1) is 42.8. The number of carbonyl (C=O) groups is 6. The van der Waals surface area contributed by atoms with Crippen LogP contribution in [0.1, 0.15) is 146 Å². The second-order valence-corrected chi connectivity index (χ2v) is 30.6. The molecule has 28 heteroatoms. The van der Waals surface area contributed by atoms with E-state index in [4.69, 9.17) is 5.84 Å². The third-order valence-corrected chi connectivity index (χ3v) is 22.3. The van der Waals surface area contributed by atoms with Crippen molar-refractivity contribution in [3.8, 4) is 0 Å². The lowest BCUT2D eigenvalue weighted by Gasteiger charge is -2.25. The number of nitrogens with one attached hydrogen (secondary N) is 6. The molecule has 0 aromatic heterocycles. The summed E-state index contributed by atoms with van der Waals surface area (Å²) < 4.78 is 70.5. The van der Waals surface area contributed by atoms with Gasteiger partial charge in [-0.05, 0) is 126 Å². The van der Waals surface area contributed by atoms with Crippen LogP contribution in [0.25, 0.3) is 0 Å². The summed E-state index contributed by atoms with van der Waals surface area (Å²) in [6.45, 7) is 12.0. The van der Waals surface area contributed by atoms with Crippen LogP contribution in [0.5, 0.6) is 0 Å². The number of hydrogen-bond acceptors (Lipinski definition) is 16. The molecule has 4 aliphatic rings. The van der Waals surface area contributed by atoms with Gasteiger partial charge in [-0.3, -0.25) is 33.1 Å². The summed E-state index contributed by atoms with van der Waals surface area (Å²) in [5.41, 5.74) is 4.44. The molecule has 10 N–H and O–H groups in total. The van der Waals surface area contributed by atoms with Crippen LogP contribution in [0.3, 0.4) is 0 Å². The topological polar surface area (TPSA) is 340 Å². The molecule has 23 nitrogen and oxygen atoms in total. The monoisotopic (exact) mass is 1340 g/mol. The molecule has 4 unspecified atom stereocenters. The van der Waals surface area contributed by atoms with Crippen LogP contribution in [0.2, 0.25) is 0 Å². The number of nitrogens with two attached hydrogens (primary N) is 1. The van der Waals surface area contributed by atoms with Gasteiger partial charge in [0, 0.05) is 121 Å². The summed E-state index contributed by atoms with van der Waals surface area (Å²) in [5.74, 6) is 6.32. The summed E-state index contributed by atoms with van der Waals surface area (Å²) in [5, 5.41) is 24.9. The van der Waals surface area contributed by atoms with Crippen molar-refractivity contribution in [1.82, 2.24) is 31.9 Å². The minimum absolute atomic E-state index is 0.0998. The van der Waals surface area contributed by atoms with Crippen molar-refractivity contribution in [2.45, 2.75) is 169 Å². The zero-order valence-corrected chi connectivity index (χ0v) is 55.8. The van der Waals surface area contributed by atoms with Gasteiger partial charge in [-0.15, -0.1) is 5.11 Å². The number of urea groups is 1. The van der Waals surface area contributed by atoms with Crippen LogP contribution in [-0.2, 0) is 50.2 Å². The highest BCUT2D eigenvalue weighted by Gasteiger charge is 2.46. The highest BCUT2D eigenvalue weighted by atomic mass is 33.1. The molecule has 0 bridgehead atoms. The van der Waals surface area contributed by atoms with E-state index in [0.717, 1.165) is 65.3 Å². The van der Waals surface area contributed by atoms with Gasteiger partial charge < -0.3 is 42.6 Å². The predicted molar refractivity (Wildman–Crippen MR) is 354 cm³/mol. The number of hydrogen-bond donors (Lipinski definition) is 9. The Labute approximate surface area is 540 Å². The molecule has 7 rings (SSSR count). The molecule has 490 valence electrons. The molecule has 4 atom stereocenters. The molecule has 0 radical (unpaired) electrons. The number of ketones is 1. The quantitative estimate of drug-likeness (QED) is 0.00385.